The van der Waals surface area contributed by atoms with Gasteiger partial charge < -0.3 is 15.0 Å². The maximum atomic E-state index is 5.23. The summed E-state index contributed by atoms with van der Waals surface area (Å²) < 4.78 is 5.23. The second-order valence-electron chi connectivity index (χ2n) is 4.75. The van der Waals surface area contributed by atoms with Gasteiger partial charge in [-0.2, -0.15) is 0 Å². The molecule has 1 atom stereocenters. The second-order valence-corrected chi connectivity index (χ2v) is 4.75. The first-order valence-electron chi connectivity index (χ1n) is 6.24. The van der Waals surface area contributed by atoms with E-state index in [1.807, 2.05) is 6.07 Å². The summed E-state index contributed by atoms with van der Waals surface area (Å²) in [7, 11) is 1.70. The van der Waals surface area contributed by atoms with Crippen molar-refractivity contribution in [3.8, 4) is 5.75 Å². The molecule has 1 aromatic carbocycles. The first-order chi connectivity index (χ1) is 8.35. The number of methoxy groups -OCH3 is 1. The van der Waals surface area contributed by atoms with Crippen LogP contribution in [-0.4, -0.2) is 24.7 Å². The quantitative estimate of drug-likeness (QED) is 0.850. The Labute approximate surface area is 101 Å². The van der Waals surface area contributed by atoms with Crippen molar-refractivity contribution in [1.82, 2.24) is 10.3 Å². The third-order valence-electron chi connectivity index (χ3n) is 3.51. The highest BCUT2D eigenvalue weighted by molar-refractivity contribution is 5.81. The van der Waals surface area contributed by atoms with E-state index >= 15 is 0 Å². The van der Waals surface area contributed by atoms with Gasteiger partial charge in [0.25, 0.3) is 0 Å². The molecule has 0 amide bonds. The summed E-state index contributed by atoms with van der Waals surface area (Å²) in [5.74, 6) is 0.907. The molecule has 1 aliphatic rings. The van der Waals surface area contributed by atoms with Crippen LogP contribution in [0.1, 0.15) is 18.5 Å². The van der Waals surface area contributed by atoms with Crippen molar-refractivity contribution in [2.75, 3.05) is 13.7 Å². The maximum Gasteiger partial charge on any atom is 0.120 e. The van der Waals surface area contributed by atoms with Gasteiger partial charge in [0.05, 0.1) is 7.11 Å². The topological polar surface area (TPSA) is 37.0 Å². The molecule has 0 bridgehead atoms. The number of nitrogens with one attached hydrogen (secondary N) is 2. The Hall–Kier alpha value is -1.48. The van der Waals surface area contributed by atoms with Crippen LogP contribution in [0.5, 0.6) is 5.75 Å². The fourth-order valence-electron chi connectivity index (χ4n) is 2.60. The van der Waals surface area contributed by atoms with E-state index in [2.05, 4.69) is 28.5 Å². The first-order valence-corrected chi connectivity index (χ1v) is 6.24. The van der Waals surface area contributed by atoms with Crippen molar-refractivity contribution >= 4 is 10.9 Å². The van der Waals surface area contributed by atoms with Crippen LogP contribution in [0.3, 0.4) is 0 Å². The Bertz CT molecular complexity index is 512. The summed E-state index contributed by atoms with van der Waals surface area (Å²) in [6.45, 7) is 1.17. The van der Waals surface area contributed by atoms with Crippen LogP contribution in [0.15, 0.2) is 24.3 Å². The van der Waals surface area contributed by atoms with E-state index in [1.165, 1.54) is 30.5 Å². The fourth-order valence-corrected chi connectivity index (χ4v) is 2.60. The van der Waals surface area contributed by atoms with Crippen molar-refractivity contribution in [1.29, 1.82) is 0 Å². The van der Waals surface area contributed by atoms with E-state index in [0.717, 1.165) is 17.7 Å². The molecule has 2 aromatic rings. The molecule has 3 rings (SSSR count). The minimum Gasteiger partial charge on any atom is -0.497 e. The number of benzene rings is 1. The summed E-state index contributed by atoms with van der Waals surface area (Å²) in [6, 6.07) is 9.06. The van der Waals surface area contributed by atoms with E-state index in [-0.39, 0.29) is 0 Å². The summed E-state index contributed by atoms with van der Waals surface area (Å²) in [5, 5.41) is 4.79. The van der Waals surface area contributed by atoms with Gasteiger partial charge in [0, 0.05) is 29.7 Å². The normalized spacial score (nSPS) is 19.9. The standard InChI is InChI=1S/C14H18N2O/c1-17-13-5-4-10-7-12(16-14(10)9-13)8-11-3-2-6-15-11/h4-5,7,9,11,15-16H,2-3,6,8H2,1H3. The number of hydrogen-bond donors (Lipinski definition) is 2. The Morgan fingerprint density at radius 1 is 1.35 bits per heavy atom. The van der Waals surface area contributed by atoms with E-state index in [4.69, 9.17) is 4.74 Å². The zero-order valence-corrected chi connectivity index (χ0v) is 10.1. The highest BCUT2D eigenvalue weighted by atomic mass is 16.5. The first kappa shape index (κ1) is 10.7. The second kappa shape index (κ2) is 4.41. The molecule has 0 spiro atoms. The lowest BCUT2D eigenvalue weighted by Crippen LogP contribution is -2.23. The molecule has 1 unspecified atom stereocenters. The monoisotopic (exact) mass is 230 g/mol. The van der Waals surface area contributed by atoms with E-state index in [0.29, 0.717) is 6.04 Å². The molecular formula is C14H18N2O. The number of H-pyrrole nitrogens is 1. The molecule has 0 aliphatic carbocycles. The Morgan fingerprint density at radius 2 is 2.29 bits per heavy atom. The van der Waals surface area contributed by atoms with Crippen molar-refractivity contribution in [2.45, 2.75) is 25.3 Å². The van der Waals surface area contributed by atoms with Crippen molar-refractivity contribution in [3.63, 3.8) is 0 Å². The number of ether oxygens (including phenoxy) is 1. The van der Waals surface area contributed by atoms with E-state index in [1.54, 1.807) is 7.11 Å². The van der Waals surface area contributed by atoms with Gasteiger partial charge >= 0.3 is 0 Å². The molecule has 1 aliphatic heterocycles. The lowest BCUT2D eigenvalue weighted by atomic mass is 10.1. The Kier molecular flexibility index (Phi) is 2.77. The molecule has 90 valence electrons. The van der Waals surface area contributed by atoms with E-state index < -0.39 is 0 Å². The molecule has 2 heterocycles. The van der Waals surface area contributed by atoms with Crippen LogP contribution in [0.2, 0.25) is 0 Å². The van der Waals surface area contributed by atoms with Crippen LogP contribution < -0.4 is 10.1 Å². The average Bonchev–Trinajstić information content (AvgIpc) is 2.96. The number of fused-ring (bicyclic) bond motifs is 1. The smallest absolute Gasteiger partial charge is 0.120 e. The van der Waals surface area contributed by atoms with Gasteiger partial charge in [-0.05, 0) is 43.0 Å². The van der Waals surface area contributed by atoms with Crippen molar-refractivity contribution in [2.24, 2.45) is 0 Å². The van der Waals surface area contributed by atoms with Crippen LogP contribution in [0.25, 0.3) is 10.9 Å². The number of aromatic amines is 1. The van der Waals surface area contributed by atoms with Gasteiger partial charge in [-0.25, -0.2) is 0 Å². The predicted molar refractivity (Wildman–Crippen MR) is 69.6 cm³/mol. The summed E-state index contributed by atoms with van der Waals surface area (Å²) >= 11 is 0. The summed E-state index contributed by atoms with van der Waals surface area (Å²) in [5.41, 5.74) is 2.48. The van der Waals surface area contributed by atoms with Crippen molar-refractivity contribution in [3.05, 3.63) is 30.0 Å². The van der Waals surface area contributed by atoms with Gasteiger partial charge in [0.15, 0.2) is 0 Å². The van der Waals surface area contributed by atoms with Gasteiger partial charge in [-0.15, -0.1) is 0 Å². The molecule has 3 heteroatoms. The zero-order chi connectivity index (χ0) is 11.7. The van der Waals surface area contributed by atoms with Gasteiger partial charge in [0.2, 0.25) is 0 Å². The molecule has 2 N–H and O–H groups in total. The zero-order valence-electron chi connectivity index (χ0n) is 10.1. The minimum atomic E-state index is 0.643. The molecular weight excluding hydrogens is 212 g/mol. The predicted octanol–water partition coefficient (Wildman–Crippen LogP) is 2.47. The molecule has 0 radical (unpaired) electrons. The maximum absolute atomic E-state index is 5.23. The third kappa shape index (κ3) is 2.15. The molecule has 1 saturated heterocycles. The lowest BCUT2D eigenvalue weighted by molar-refractivity contribution is 0.415. The Balaban J connectivity index is 1.85. The van der Waals surface area contributed by atoms with Gasteiger partial charge in [0.1, 0.15) is 5.75 Å². The van der Waals surface area contributed by atoms with Gasteiger partial charge in [-0.1, -0.05) is 0 Å². The number of rotatable bonds is 3. The van der Waals surface area contributed by atoms with Crippen LogP contribution in [-0.2, 0) is 6.42 Å². The highest BCUT2D eigenvalue weighted by Crippen LogP contribution is 2.22. The van der Waals surface area contributed by atoms with E-state index in [9.17, 15) is 0 Å². The van der Waals surface area contributed by atoms with Crippen LogP contribution >= 0.6 is 0 Å². The average molecular weight is 230 g/mol. The summed E-state index contributed by atoms with van der Waals surface area (Å²) in [4.78, 5) is 3.48. The van der Waals surface area contributed by atoms with Crippen LogP contribution in [0, 0.1) is 0 Å². The summed E-state index contributed by atoms with van der Waals surface area (Å²) in [6.07, 6.45) is 3.69. The Morgan fingerprint density at radius 3 is 3.06 bits per heavy atom. The molecule has 3 nitrogen and oxygen atoms in total. The van der Waals surface area contributed by atoms with Crippen molar-refractivity contribution < 1.29 is 4.74 Å². The third-order valence-corrected chi connectivity index (χ3v) is 3.51. The van der Waals surface area contributed by atoms with Crippen LogP contribution in [0.4, 0.5) is 0 Å². The highest BCUT2D eigenvalue weighted by Gasteiger charge is 2.15. The molecule has 1 fully saturated rings. The largest absolute Gasteiger partial charge is 0.497 e. The lowest BCUT2D eigenvalue weighted by Gasteiger charge is -2.07. The number of hydrogen-bond acceptors (Lipinski definition) is 2. The van der Waals surface area contributed by atoms with Gasteiger partial charge in [-0.3, -0.25) is 0 Å². The number of aromatic nitrogens is 1. The molecule has 17 heavy (non-hydrogen) atoms. The SMILES string of the molecule is COc1ccc2cc(CC3CCCN3)[nH]c2c1. The fraction of sp³-hybridized carbons (Fsp3) is 0.429. The minimum absolute atomic E-state index is 0.643. The molecule has 1 aromatic heterocycles. The molecule has 0 saturated carbocycles.